The molecular weight excluding hydrogens is 230 g/mol. The van der Waals surface area contributed by atoms with Gasteiger partial charge in [0, 0.05) is 13.1 Å². The SMILES string of the molecule is CC1CC(C#N)(C(=O)NCC(=O)N2CCCC2)C1. The van der Waals surface area contributed by atoms with Gasteiger partial charge in [0.15, 0.2) is 0 Å². The van der Waals surface area contributed by atoms with Crippen LogP contribution in [0.1, 0.15) is 32.6 Å². The fraction of sp³-hybridized carbons (Fsp3) is 0.769. The van der Waals surface area contributed by atoms with Crippen molar-refractivity contribution in [3.8, 4) is 6.07 Å². The summed E-state index contributed by atoms with van der Waals surface area (Å²) >= 11 is 0. The molecule has 1 heterocycles. The Morgan fingerprint density at radius 1 is 1.39 bits per heavy atom. The molecule has 2 aliphatic rings. The lowest BCUT2D eigenvalue weighted by atomic mass is 9.63. The monoisotopic (exact) mass is 249 g/mol. The van der Waals surface area contributed by atoms with Gasteiger partial charge in [-0.3, -0.25) is 9.59 Å². The van der Waals surface area contributed by atoms with Crippen molar-refractivity contribution in [3.05, 3.63) is 0 Å². The van der Waals surface area contributed by atoms with Crippen molar-refractivity contribution in [2.75, 3.05) is 19.6 Å². The summed E-state index contributed by atoms with van der Waals surface area (Å²) in [5, 5.41) is 11.7. The maximum Gasteiger partial charge on any atom is 0.241 e. The van der Waals surface area contributed by atoms with Gasteiger partial charge in [-0.2, -0.15) is 5.26 Å². The first-order valence-electron chi connectivity index (χ1n) is 6.55. The maximum atomic E-state index is 11.9. The lowest BCUT2D eigenvalue weighted by Gasteiger charge is -2.39. The molecule has 0 bridgehead atoms. The van der Waals surface area contributed by atoms with Crippen molar-refractivity contribution in [1.82, 2.24) is 10.2 Å². The smallest absolute Gasteiger partial charge is 0.241 e. The molecule has 0 unspecified atom stereocenters. The van der Waals surface area contributed by atoms with Crippen LogP contribution in [-0.4, -0.2) is 36.3 Å². The van der Waals surface area contributed by atoms with E-state index in [4.69, 9.17) is 5.26 Å². The molecule has 1 saturated carbocycles. The van der Waals surface area contributed by atoms with Gasteiger partial charge in [0.2, 0.25) is 11.8 Å². The first kappa shape index (κ1) is 12.9. The van der Waals surface area contributed by atoms with Crippen LogP contribution in [0.15, 0.2) is 0 Å². The zero-order valence-corrected chi connectivity index (χ0v) is 10.7. The lowest BCUT2D eigenvalue weighted by Crippen LogP contribution is -2.50. The van der Waals surface area contributed by atoms with Crippen molar-refractivity contribution in [3.63, 3.8) is 0 Å². The third-order valence-electron chi connectivity index (χ3n) is 3.90. The van der Waals surface area contributed by atoms with E-state index in [1.165, 1.54) is 0 Å². The second kappa shape index (κ2) is 4.97. The largest absolute Gasteiger partial charge is 0.346 e. The molecule has 2 amide bonds. The van der Waals surface area contributed by atoms with Gasteiger partial charge in [-0.05, 0) is 31.6 Å². The van der Waals surface area contributed by atoms with Crippen LogP contribution in [0.4, 0.5) is 0 Å². The molecule has 98 valence electrons. The van der Waals surface area contributed by atoms with E-state index in [1.807, 2.05) is 6.92 Å². The number of hydrogen-bond donors (Lipinski definition) is 1. The number of nitriles is 1. The minimum atomic E-state index is -0.884. The molecular formula is C13H19N3O2. The molecule has 0 aromatic heterocycles. The Kier molecular flexibility index (Phi) is 3.55. The van der Waals surface area contributed by atoms with Crippen LogP contribution in [0.2, 0.25) is 0 Å². The Bertz CT molecular complexity index is 388. The number of nitrogens with zero attached hydrogens (tertiary/aromatic N) is 2. The summed E-state index contributed by atoms with van der Waals surface area (Å²) in [5.41, 5.74) is -0.884. The summed E-state index contributed by atoms with van der Waals surface area (Å²) in [4.78, 5) is 25.5. The van der Waals surface area contributed by atoms with Crippen molar-refractivity contribution in [2.24, 2.45) is 11.3 Å². The highest BCUT2D eigenvalue weighted by Gasteiger charge is 2.48. The van der Waals surface area contributed by atoms with E-state index in [9.17, 15) is 9.59 Å². The van der Waals surface area contributed by atoms with Gasteiger partial charge in [-0.1, -0.05) is 6.92 Å². The Labute approximate surface area is 107 Å². The number of nitrogens with one attached hydrogen (secondary N) is 1. The molecule has 0 radical (unpaired) electrons. The number of rotatable bonds is 3. The number of likely N-dealkylation sites (tertiary alicyclic amines) is 1. The molecule has 0 atom stereocenters. The molecule has 2 rings (SSSR count). The Hall–Kier alpha value is -1.57. The molecule has 1 aliphatic heterocycles. The average molecular weight is 249 g/mol. The third kappa shape index (κ3) is 2.33. The topological polar surface area (TPSA) is 73.2 Å². The quantitative estimate of drug-likeness (QED) is 0.798. The van der Waals surface area contributed by atoms with E-state index in [-0.39, 0.29) is 18.4 Å². The molecule has 1 saturated heterocycles. The summed E-state index contributed by atoms with van der Waals surface area (Å²) in [6.45, 7) is 3.62. The highest BCUT2D eigenvalue weighted by Crippen LogP contribution is 2.44. The molecule has 0 aromatic rings. The van der Waals surface area contributed by atoms with Gasteiger partial charge >= 0.3 is 0 Å². The first-order chi connectivity index (χ1) is 8.57. The predicted molar refractivity (Wildman–Crippen MR) is 65.3 cm³/mol. The second-order valence-electron chi connectivity index (χ2n) is 5.48. The number of carbonyl (C=O) groups excluding carboxylic acids is 2. The predicted octanol–water partition coefficient (Wildman–Crippen LogP) is 0.665. The maximum absolute atomic E-state index is 11.9. The Morgan fingerprint density at radius 3 is 2.50 bits per heavy atom. The van der Waals surface area contributed by atoms with E-state index in [0.29, 0.717) is 18.8 Å². The Morgan fingerprint density at radius 2 is 2.00 bits per heavy atom. The van der Waals surface area contributed by atoms with Crippen molar-refractivity contribution >= 4 is 11.8 Å². The Balaban J connectivity index is 1.81. The van der Waals surface area contributed by atoms with Gasteiger partial charge in [-0.25, -0.2) is 0 Å². The van der Waals surface area contributed by atoms with Crippen LogP contribution in [0.5, 0.6) is 0 Å². The van der Waals surface area contributed by atoms with Gasteiger partial charge in [-0.15, -0.1) is 0 Å². The van der Waals surface area contributed by atoms with Gasteiger partial charge in [0.05, 0.1) is 12.6 Å². The van der Waals surface area contributed by atoms with E-state index in [0.717, 1.165) is 25.9 Å². The molecule has 1 aliphatic carbocycles. The zero-order chi connectivity index (χ0) is 13.2. The standard InChI is InChI=1S/C13H19N3O2/c1-10-6-13(7-10,9-14)12(18)15-8-11(17)16-4-2-3-5-16/h10H,2-8H2,1H3,(H,15,18). The van der Waals surface area contributed by atoms with Crippen LogP contribution >= 0.6 is 0 Å². The summed E-state index contributed by atoms with van der Waals surface area (Å²) in [6, 6.07) is 2.10. The van der Waals surface area contributed by atoms with E-state index < -0.39 is 5.41 Å². The molecule has 5 nitrogen and oxygen atoms in total. The molecule has 18 heavy (non-hydrogen) atoms. The van der Waals surface area contributed by atoms with Crippen molar-refractivity contribution in [1.29, 1.82) is 5.26 Å². The highest BCUT2D eigenvalue weighted by molar-refractivity contribution is 5.90. The highest BCUT2D eigenvalue weighted by atomic mass is 16.2. The van der Waals surface area contributed by atoms with Crippen LogP contribution in [0, 0.1) is 22.7 Å². The first-order valence-corrected chi connectivity index (χ1v) is 6.55. The van der Waals surface area contributed by atoms with E-state index in [2.05, 4.69) is 11.4 Å². The molecule has 5 heteroatoms. The van der Waals surface area contributed by atoms with Crippen LogP contribution in [0.3, 0.4) is 0 Å². The number of hydrogen-bond acceptors (Lipinski definition) is 3. The summed E-state index contributed by atoms with van der Waals surface area (Å²) in [7, 11) is 0. The normalized spacial score (nSPS) is 30.4. The van der Waals surface area contributed by atoms with Gasteiger partial charge < -0.3 is 10.2 Å². The van der Waals surface area contributed by atoms with E-state index >= 15 is 0 Å². The fourth-order valence-corrected chi connectivity index (χ4v) is 2.86. The van der Waals surface area contributed by atoms with Crippen molar-refractivity contribution in [2.45, 2.75) is 32.6 Å². The number of amides is 2. The van der Waals surface area contributed by atoms with Crippen LogP contribution < -0.4 is 5.32 Å². The summed E-state index contributed by atoms with van der Waals surface area (Å²) in [5.74, 6) is 0.0987. The third-order valence-corrected chi connectivity index (χ3v) is 3.90. The second-order valence-corrected chi connectivity index (χ2v) is 5.48. The van der Waals surface area contributed by atoms with Crippen LogP contribution in [0.25, 0.3) is 0 Å². The lowest BCUT2D eigenvalue weighted by molar-refractivity contribution is -0.137. The minimum absolute atomic E-state index is 0.0244. The number of carbonyl (C=O) groups is 2. The molecule has 0 spiro atoms. The minimum Gasteiger partial charge on any atom is -0.346 e. The average Bonchev–Trinajstić information content (AvgIpc) is 2.85. The fourth-order valence-electron chi connectivity index (χ4n) is 2.86. The summed E-state index contributed by atoms with van der Waals surface area (Å²) < 4.78 is 0. The van der Waals surface area contributed by atoms with Crippen LogP contribution in [-0.2, 0) is 9.59 Å². The molecule has 2 fully saturated rings. The molecule has 1 N–H and O–H groups in total. The van der Waals surface area contributed by atoms with Gasteiger partial charge in [0.25, 0.3) is 0 Å². The summed E-state index contributed by atoms with van der Waals surface area (Å²) in [6.07, 6.45) is 3.29. The van der Waals surface area contributed by atoms with Gasteiger partial charge in [0.1, 0.15) is 5.41 Å². The zero-order valence-electron chi connectivity index (χ0n) is 10.7. The molecule has 0 aromatic carbocycles. The van der Waals surface area contributed by atoms with E-state index in [1.54, 1.807) is 4.90 Å². The van der Waals surface area contributed by atoms with Crippen molar-refractivity contribution < 1.29 is 9.59 Å².